The summed E-state index contributed by atoms with van der Waals surface area (Å²) in [6.07, 6.45) is 5.25. The van der Waals surface area contributed by atoms with Crippen LogP contribution in [0.5, 0.6) is 11.5 Å². The molecule has 0 saturated carbocycles. The number of nitrogens with one attached hydrogen (secondary N) is 1. The minimum atomic E-state index is 0.503. The lowest BCUT2D eigenvalue weighted by Crippen LogP contribution is -2.14. The van der Waals surface area contributed by atoms with Crippen LogP contribution in [0.2, 0.25) is 0 Å². The quantitative estimate of drug-likeness (QED) is 0.625. The molecule has 2 rings (SSSR count). The molecule has 0 amide bonds. The van der Waals surface area contributed by atoms with E-state index in [9.17, 15) is 0 Å². The molecule has 0 spiro atoms. The molecular weight excluding hydrogens is 262 g/mol. The molecule has 0 aliphatic rings. The highest BCUT2D eigenvalue weighted by molar-refractivity contribution is 5.46. The zero-order chi connectivity index (χ0) is 14.9. The zero-order valence-corrected chi connectivity index (χ0v) is 12.1. The van der Waals surface area contributed by atoms with E-state index in [0.717, 1.165) is 22.6 Å². The summed E-state index contributed by atoms with van der Waals surface area (Å²) >= 11 is 0. The predicted octanol–water partition coefficient (Wildman–Crippen LogP) is 3.00. The monoisotopic (exact) mass is 281 g/mol. The van der Waals surface area contributed by atoms with Crippen molar-refractivity contribution < 1.29 is 9.47 Å². The van der Waals surface area contributed by atoms with Gasteiger partial charge in [0.05, 0.1) is 13.7 Å². The van der Waals surface area contributed by atoms with Gasteiger partial charge in [-0.2, -0.15) is 0 Å². The number of benzene rings is 2. The summed E-state index contributed by atoms with van der Waals surface area (Å²) in [6, 6.07) is 15.9. The van der Waals surface area contributed by atoms with E-state index in [4.69, 9.17) is 15.9 Å². The van der Waals surface area contributed by atoms with Gasteiger partial charge in [-0.25, -0.2) is 0 Å². The van der Waals surface area contributed by atoms with Crippen LogP contribution in [0.15, 0.2) is 48.5 Å². The highest BCUT2D eigenvalue weighted by atomic mass is 16.5. The van der Waals surface area contributed by atoms with Gasteiger partial charge in [-0.15, -0.1) is 6.42 Å². The largest absolute Gasteiger partial charge is 0.493 e. The maximum absolute atomic E-state index is 5.96. The number of ether oxygens (including phenoxy) is 2. The van der Waals surface area contributed by atoms with Gasteiger partial charge < -0.3 is 14.8 Å². The van der Waals surface area contributed by atoms with Crippen LogP contribution in [-0.2, 0) is 13.2 Å². The molecule has 2 aromatic carbocycles. The van der Waals surface area contributed by atoms with E-state index < -0.39 is 0 Å². The number of rotatable bonds is 7. The third-order valence-corrected chi connectivity index (χ3v) is 3.05. The maximum Gasteiger partial charge on any atom is 0.166 e. The summed E-state index contributed by atoms with van der Waals surface area (Å²) in [7, 11) is 1.64. The van der Waals surface area contributed by atoms with E-state index in [2.05, 4.69) is 11.2 Å². The Balaban J connectivity index is 2.13. The number of terminal acetylenes is 1. The van der Waals surface area contributed by atoms with Gasteiger partial charge in [-0.3, -0.25) is 0 Å². The van der Waals surface area contributed by atoms with Crippen molar-refractivity contribution in [2.45, 2.75) is 13.2 Å². The predicted molar refractivity (Wildman–Crippen MR) is 84.3 cm³/mol. The third kappa shape index (κ3) is 4.27. The second-order valence-corrected chi connectivity index (χ2v) is 4.53. The molecule has 0 unspecified atom stereocenters. The van der Waals surface area contributed by atoms with Crippen LogP contribution >= 0.6 is 0 Å². The molecule has 3 heteroatoms. The van der Waals surface area contributed by atoms with Crippen molar-refractivity contribution in [1.29, 1.82) is 0 Å². The SMILES string of the molecule is C#CCNCc1cccc(OC)c1OCc1ccccc1. The number of methoxy groups -OCH3 is 1. The van der Waals surface area contributed by atoms with Crippen molar-refractivity contribution in [3.8, 4) is 23.8 Å². The molecule has 21 heavy (non-hydrogen) atoms. The fraction of sp³-hybridized carbons (Fsp3) is 0.222. The molecule has 0 atom stereocenters. The topological polar surface area (TPSA) is 30.5 Å². The first kappa shape index (κ1) is 15.0. The molecule has 0 saturated heterocycles. The second kappa shape index (κ2) is 7.98. The summed E-state index contributed by atoms with van der Waals surface area (Å²) in [6.45, 7) is 1.67. The van der Waals surface area contributed by atoms with Gasteiger partial charge in [0.2, 0.25) is 0 Å². The Morgan fingerprint density at radius 2 is 1.90 bits per heavy atom. The Kier molecular flexibility index (Phi) is 5.69. The summed E-state index contributed by atoms with van der Waals surface area (Å²) in [5.74, 6) is 4.05. The first-order valence-electron chi connectivity index (χ1n) is 6.82. The molecule has 0 fully saturated rings. The van der Waals surface area contributed by atoms with Crippen LogP contribution in [0.1, 0.15) is 11.1 Å². The van der Waals surface area contributed by atoms with Crippen LogP contribution < -0.4 is 14.8 Å². The normalized spacial score (nSPS) is 9.90. The van der Waals surface area contributed by atoms with Gasteiger partial charge in [0, 0.05) is 12.1 Å². The minimum Gasteiger partial charge on any atom is -0.493 e. The third-order valence-electron chi connectivity index (χ3n) is 3.05. The lowest BCUT2D eigenvalue weighted by molar-refractivity contribution is 0.281. The van der Waals surface area contributed by atoms with Gasteiger partial charge >= 0.3 is 0 Å². The van der Waals surface area contributed by atoms with Gasteiger partial charge in [-0.05, 0) is 11.6 Å². The summed E-state index contributed by atoms with van der Waals surface area (Å²) in [5.41, 5.74) is 2.14. The molecule has 1 N–H and O–H groups in total. The van der Waals surface area contributed by atoms with Crippen LogP contribution in [0.3, 0.4) is 0 Å². The molecule has 0 aromatic heterocycles. The Morgan fingerprint density at radius 3 is 2.62 bits per heavy atom. The molecular formula is C18H19NO2. The fourth-order valence-corrected chi connectivity index (χ4v) is 2.02. The second-order valence-electron chi connectivity index (χ2n) is 4.53. The highest BCUT2D eigenvalue weighted by Gasteiger charge is 2.10. The smallest absolute Gasteiger partial charge is 0.166 e. The number of hydrogen-bond acceptors (Lipinski definition) is 3. The summed E-state index contributed by atoms with van der Waals surface area (Å²) in [4.78, 5) is 0. The van der Waals surface area contributed by atoms with Crippen molar-refractivity contribution in [2.24, 2.45) is 0 Å². The van der Waals surface area contributed by atoms with Crippen molar-refractivity contribution in [3.05, 3.63) is 59.7 Å². The molecule has 108 valence electrons. The Hall–Kier alpha value is -2.44. The standard InChI is InChI=1S/C18H19NO2/c1-3-12-19-13-16-10-7-11-17(20-2)18(16)21-14-15-8-5-4-6-9-15/h1,4-11,19H,12-14H2,2H3. The van der Waals surface area contributed by atoms with Crippen LogP contribution in [0, 0.1) is 12.3 Å². The van der Waals surface area contributed by atoms with E-state index >= 15 is 0 Å². The van der Waals surface area contributed by atoms with Gasteiger partial charge in [0.1, 0.15) is 6.61 Å². The lowest BCUT2D eigenvalue weighted by atomic mass is 10.1. The summed E-state index contributed by atoms with van der Waals surface area (Å²) in [5, 5.41) is 3.17. The Morgan fingerprint density at radius 1 is 1.10 bits per heavy atom. The van der Waals surface area contributed by atoms with E-state index in [0.29, 0.717) is 19.7 Å². The van der Waals surface area contributed by atoms with Crippen molar-refractivity contribution in [1.82, 2.24) is 5.32 Å². The number of hydrogen-bond donors (Lipinski definition) is 1. The average Bonchev–Trinajstić information content (AvgIpc) is 2.54. The zero-order valence-electron chi connectivity index (χ0n) is 12.1. The van der Waals surface area contributed by atoms with E-state index in [1.165, 1.54) is 0 Å². The van der Waals surface area contributed by atoms with Gasteiger partial charge in [0.25, 0.3) is 0 Å². The van der Waals surface area contributed by atoms with Crippen LogP contribution in [0.4, 0.5) is 0 Å². The lowest BCUT2D eigenvalue weighted by Gasteiger charge is -2.15. The van der Waals surface area contributed by atoms with Crippen molar-refractivity contribution in [2.75, 3.05) is 13.7 Å². The van der Waals surface area contributed by atoms with E-state index in [1.807, 2.05) is 48.5 Å². The molecule has 0 heterocycles. The highest BCUT2D eigenvalue weighted by Crippen LogP contribution is 2.31. The molecule has 0 aliphatic carbocycles. The first-order valence-corrected chi connectivity index (χ1v) is 6.82. The maximum atomic E-state index is 5.96. The number of para-hydroxylation sites is 1. The van der Waals surface area contributed by atoms with Crippen molar-refractivity contribution >= 4 is 0 Å². The molecule has 0 radical (unpaired) electrons. The van der Waals surface area contributed by atoms with Crippen molar-refractivity contribution in [3.63, 3.8) is 0 Å². The average molecular weight is 281 g/mol. The van der Waals surface area contributed by atoms with Crippen LogP contribution in [-0.4, -0.2) is 13.7 Å². The molecule has 3 nitrogen and oxygen atoms in total. The Labute approximate surface area is 125 Å². The fourth-order valence-electron chi connectivity index (χ4n) is 2.02. The molecule has 0 bridgehead atoms. The van der Waals surface area contributed by atoms with E-state index in [-0.39, 0.29) is 0 Å². The van der Waals surface area contributed by atoms with Gasteiger partial charge in [-0.1, -0.05) is 48.4 Å². The minimum absolute atomic E-state index is 0.503. The molecule has 0 aliphatic heterocycles. The van der Waals surface area contributed by atoms with Gasteiger partial charge in [0.15, 0.2) is 11.5 Å². The first-order chi connectivity index (χ1) is 10.3. The molecule has 2 aromatic rings. The van der Waals surface area contributed by atoms with E-state index in [1.54, 1.807) is 7.11 Å². The summed E-state index contributed by atoms with van der Waals surface area (Å²) < 4.78 is 11.3. The van der Waals surface area contributed by atoms with Crippen LogP contribution in [0.25, 0.3) is 0 Å². The Bertz CT molecular complexity index is 602.